The summed E-state index contributed by atoms with van der Waals surface area (Å²) >= 11 is 3.46. The normalized spacial score (nSPS) is 10.8. The third kappa shape index (κ3) is 3.07. The van der Waals surface area contributed by atoms with Crippen molar-refractivity contribution in [2.75, 3.05) is 5.32 Å². The molecule has 0 spiro atoms. The number of nitrogens with one attached hydrogen (secondary N) is 1. The number of amides is 1. The van der Waals surface area contributed by atoms with Crippen LogP contribution in [0.1, 0.15) is 35.9 Å². The van der Waals surface area contributed by atoms with Gasteiger partial charge in [0, 0.05) is 16.7 Å². The van der Waals surface area contributed by atoms with Gasteiger partial charge >= 0.3 is 0 Å². The van der Waals surface area contributed by atoms with E-state index in [0.29, 0.717) is 5.69 Å². The molecule has 1 N–H and O–H groups in total. The summed E-state index contributed by atoms with van der Waals surface area (Å²) < 4.78 is 2.85. The first kappa shape index (κ1) is 13.9. The third-order valence-electron chi connectivity index (χ3n) is 2.94. The van der Waals surface area contributed by atoms with Crippen LogP contribution in [0.5, 0.6) is 0 Å². The molecule has 100 valence electrons. The topological polar surface area (TPSA) is 34.0 Å². The van der Waals surface area contributed by atoms with Gasteiger partial charge in [0.05, 0.1) is 5.69 Å². The highest BCUT2D eigenvalue weighted by Crippen LogP contribution is 2.24. The molecule has 0 aliphatic carbocycles. The van der Waals surface area contributed by atoms with Gasteiger partial charge in [0.2, 0.25) is 0 Å². The van der Waals surface area contributed by atoms with E-state index in [1.807, 2.05) is 48.0 Å². The number of aromatic nitrogens is 1. The van der Waals surface area contributed by atoms with Crippen LogP contribution in [0.15, 0.2) is 41.0 Å². The molecule has 0 saturated carbocycles. The number of anilines is 1. The van der Waals surface area contributed by atoms with E-state index in [4.69, 9.17) is 0 Å². The Morgan fingerprint density at radius 1 is 1.32 bits per heavy atom. The fourth-order valence-electron chi connectivity index (χ4n) is 1.94. The Labute approximate surface area is 121 Å². The summed E-state index contributed by atoms with van der Waals surface area (Å²) in [6, 6.07) is 9.84. The number of carbonyl (C=O) groups excluding carboxylic acids is 1. The van der Waals surface area contributed by atoms with E-state index in [-0.39, 0.29) is 11.9 Å². The predicted molar refractivity (Wildman–Crippen MR) is 81.6 cm³/mol. The van der Waals surface area contributed by atoms with Crippen molar-refractivity contribution < 1.29 is 4.79 Å². The van der Waals surface area contributed by atoms with Crippen molar-refractivity contribution in [1.82, 2.24) is 4.57 Å². The fourth-order valence-corrected chi connectivity index (χ4v) is 2.54. The van der Waals surface area contributed by atoms with E-state index < -0.39 is 0 Å². The van der Waals surface area contributed by atoms with Crippen molar-refractivity contribution in [3.05, 3.63) is 52.3 Å². The third-order valence-corrected chi connectivity index (χ3v) is 3.60. The Hall–Kier alpha value is -1.55. The molecule has 0 fully saturated rings. The highest BCUT2D eigenvalue weighted by molar-refractivity contribution is 9.10. The molecule has 4 heteroatoms. The van der Waals surface area contributed by atoms with Crippen LogP contribution in [0.2, 0.25) is 0 Å². The van der Waals surface area contributed by atoms with E-state index in [1.165, 1.54) is 0 Å². The standard InChI is InChI=1S/C15H17BrN2O/c1-10(2)18-8-4-5-14(18)15(19)17-13-7-6-11(3)9-12(13)16/h4-10H,1-3H3,(H,17,19). The van der Waals surface area contributed by atoms with E-state index in [2.05, 4.69) is 35.1 Å². The van der Waals surface area contributed by atoms with E-state index in [0.717, 1.165) is 15.7 Å². The molecule has 2 rings (SSSR count). The SMILES string of the molecule is Cc1ccc(NC(=O)c2cccn2C(C)C)c(Br)c1. The highest BCUT2D eigenvalue weighted by atomic mass is 79.9. The lowest BCUT2D eigenvalue weighted by molar-refractivity contribution is 0.101. The first-order valence-electron chi connectivity index (χ1n) is 6.23. The van der Waals surface area contributed by atoms with Crippen LogP contribution in [0.4, 0.5) is 5.69 Å². The zero-order chi connectivity index (χ0) is 14.0. The number of rotatable bonds is 3. The van der Waals surface area contributed by atoms with Gasteiger partial charge in [0.25, 0.3) is 5.91 Å². The van der Waals surface area contributed by atoms with Gasteiger partial charge in [-0.3, -0.25) is 4.79 Å². The average Bonchev–Trinajstić information content (AvgIpc) is 2.82. The van der Waals surface area contributed by atoms with E-state index in [9.17, 15) is 4.79 Å². The fraction of sp³-hybridized carbons (Fsp3) is 0.267. The molecule has 2 aromatic rings. The summed E-state index contributed by atoms with van der Waals surface area (Å²) in [5, 5.41) is 2.93. The monoisotopic (exact) mass is 320 g/mol. The van der Waals surface area contributed by atoms with Crippen LogP contribution in [0.3, 0.4) is 0 Å². The predicted octanol–water partition coefficient (Wildman–Crippen LogP) is 4.39. The second-order valence-electron chi connectivity index (χ2n) is 4.83. The maximum atomic E-state index is 12.3. The Bertz CT molecular complexity index is 602. The number of hydrogen-bond donors (Lipinski definition) is 1. The maximum Gasteiger partial charge on any atom is 0.272 e. The zero-order valence-corrected chi connectivity index (χ0v) is 12.9. The van der Waals surface area contributed by atoms with Gasteiger partial charge in [0.1, 0.15) is 5.69 Å². The second-order valence-corrected chi connectivity index (χ2v) is 5.69. The number of benzene rings is 1. The van der Waals surface area contributed by atoms with Gasteiger partial charge in [-0.05, 0) is 66.5 Å². The number of halogens is 1. The number of hydrogen-bond acceptors (Lipinski definition) is 1. The van der Waals surface area contributed by atoms with Crippen LogP contribution in [0, 0.1) is 6.92 Å². The minimum atomic E-state index is -0.0942. The second kappa shape index (κ2) is 5.61. The Balaban J connectivity index is 2.23. The molecular formula is C15H17BrN2O. The minimum absolute atomic E-state index is 0.0942. The first-order chi connectivity index (χ1) is 8.99. The highest BCUT2D eigenvalue weighted by Gasteiger charge is 2.13. The molecule has 1 aromatic heterocycles. The van der Waals surface area contributed by atoms with Crippen LogP contribution >= 0.6 is 15.9 Å². The van der Waals surface area contributed by atoms with Gasteiger partial charge in [-0.25, -0.2) is 0 Å². The van der Waals surface area contributed by atoms with Crippen LogP contribution < -0.4 is 5.32 Å². The summed E-state index contributed by atoms with van der Waals surface area (Å²) in [5.74, 6) is -0.0942. The minimum Gasteiger partial charge on any atom is -0.341 e. The molecule has 3 nitrogen and oxygen atoms in total. The average molecular weight is 321 g/mol. The number of aryl methyl sites for hydroxylation is 1. The smallest absolute Gasteiger partial charge is 0.272 e. The quantitative estimate of drug-likeness (QED) is 0.894. The van der Waals surface area contributed by atoms with E-state index >= 15 is 0 Å². The van der Waals surface area contributed by atoms with Crippen LogP contribution in [-0.4, -0.2) is 10.5 Å². The zero-order valence-electron chi connectivity index (χ0n) is 11.3. The van der Waals surface area contributed by atoms with E-state index in [1.54, 1.807) is 0 Å². The molecule has 0 radical (unpaired) electrons. The Morgan fingerprint density at radius 2 is 2.05 bits per heavy atom. The van der Waals surface area contributed by atoms with Gasteiger partial charge in [-0.1, -0.05) is 6.07 Å². The molecule has 0 unspecified atom stereocenters. The van der Waals surface area contributed by atoms with Crippen molar-refractivity contribution >= 4 is 27.5 Å². The molecule has 0 bridgehead atoms. The molecular weight excluding hydrogens is 304 g/mol. The van der Waals surface area contributed by atoms with Gasteiger partial charge in [-0.2, -0.15) is 0 Å². The van der Waals surface area contributed by atoms with Crippen molar-refractivity contribution in [2.24, 2.45) is 0 Å². The molecule has 0 atom stereocenters. The molecule has 0 aliphatic rings. The lowest BCUT2D eigenvalue weighted by atomic mass is 10.2. The van der Waals surface area contributed by atoms with Gasteiger partial charge in [0.15, 0.2) is 0 Å². The molecule has 0 saturated heterocycles. The molecule has 0 aliphatic heterocycles. The summed E-state index contributed by atoms with van der Waals surface area (Å²) in [4.78, 5) is 12.3. The first-order valence-corrected chi connectivity index (χ1v) is 7.02. The Morgan fingerprint density at radius 3 is 2.68 bits per heavy atom. The number of carbonyl (C=O) groups is 1. The summed E-state index contributed by atoms with van der Waals surface area (Å²) in [6.07, 6.45) is 1.92. The van der Waals surface area contributed by atoms with Crippen LogP contribution in [-0.2, 0) is 0 Å². The molecule has 1 amide bonds. The summed E-state index contributed by atoms with van der Waals surface area (Å²) in [7, 11) is 0. The molecule has 1 aromatic carbocycles. The summed E-state index contributed by atoms with van der Waals surface area (Å²) in [5.41, 5.74) is 2.60. The lowest BCUT2D eigenvalue weighted by Crippen LogP contribution is -2.18. The van der Waals surface area contributed by atoms with Crippen LogP contribution in [0.25, 0.3) is 0 Å². The molecule has 19 heavy (non-hydrogen) atoms. The Kier molecular flexibility index (Phi) is 4.10. The maximum absolute atomic E-state index is 12.3. The summed E-state index contributed by atoms with van der Waals surface area (Å²) in [6.45, 7) is 6.12. The van der Waals surface area contributed by atoms with Gasteiger partial charge < -0.3 is 9.88 Å². The van der Waals surface area contributed by atoms with Crippen molar-refractivity contribution in [3.63, 3.8) is 0 Å². The van der Waals surface area contributed by atoms with Gasteiger partial charge in [-0.15, -0.1) is 0 Å². The van der Waals surface area contributed by atoms with Crippen molar-refractivity contribution in [3.8, 4) is 0 Å². The largest absolute Gasteiger partial charge is 0.341 e. The van der Waals surface area contributed by atoms with Crippen molar-refractivity contribution in [2.45, 2.75) is 26.8 Å². The number of nitrogens with zero attached hydrogens (tertiary/aromatic N) is 1. The van der Waals surface area contributed by atoms with Crippen molar-refractivity contribution in [1.29, 1.82) is 0 Å². The lowest BCUT2D eigenvalue weighted by Gasteiger charge is -2.13. The molecule has 1 heterocycles.